The van der Waals surface area contributed by atoms with E-state index in [4.69, 9.17) is 18.9 Å². The van der Waals surface area contributed by atoms with Gasteiger partial charge in [0.2, 0.25) is 11.6 Å². The van der Waals surface area contributed by atoms with Gasteiger partial charge in [0.25, 0.3) is 0 Å². The molecule has 3 fully saturated rings. The fourth-order valence-corrected chi connectivity index (χ4v) is 3.95. The minimum absolute atomic E-state index is 0.207. The van der Waals surface area contributed by atoms with Gasteiger partial charge in [-0.1, -0.05) is 0 Å². The summed E-state index contributed by atoms with van der Waals surface area (Å²) >= 11 is 0. The number of piperidine rings is 1. The maximum absolute atomic E-state index is 12.8. The molecular formula is C18H29NO7. The normalized spacial score (nSPS) is 41.5. The van der Waals surface area contributed by atoms with Crippen LogP contribution in [0.4, 0.5) is 4.79 Å². The molecule has 8 nitrogen and oxygen atoms in total. The molecule has 1 spiro atoms. The number of carbonyl (C=O) groups excluding carboxylic acids is 2. The molecule has 2 aliphatic heterocycles. The smallest absolute Gasteiger partial charge is 0.410 e. The molecule has 0 radical (unpaired) electrons. The van der Waals surface area contributed by atoms with E-state index in [0.717, 1.165) is 6.29 Å². The van der Waals surface area contributed by atoms with Crippen molar-refractivity contribution < 1.29 is 33.6 Å². The molecule has 0 bridgehead atoms. The Hall–Kier alpha value is -1.22. The second-order valence-corrected chi connectivity index (χ2v) is 8.73. The summed E-state index contributed by atoms with van der Waals surface area (Å²) in [4.78, 5) is 26.3. The number of hydrogen-bond donors (Lipinski definition) is 1. The molecular weight excluding hydrogens is 342 g/mol. The molecule has 2 saturated heterocycles. The monoisotopic (exact) mass is 371 g/mol. The number of rotatable bonds is 2. The Morgan fingerprint density at radius 1 is 1.27 bits per heavy atom. The van der Waals surface area contributed by atoms with Crippen molar-refractivity contribution >= 4 is 12.4 Å². The first-order valence-corrected chi connectivity index (χ1v) is 8.98. The lowest BCUT2D eigenvalue weighted by molar-refractivity contribution is -0.451. The van der Waals surface area contributed by atoms with Crippen LogP contribution in [0.2, 0.25) is 0 Å². The quantitative estimate of drug-likeness (QED) is 0.734. The van der Waals surface area contributed by atoms with Crippen LogP contribution in [-0.4, -0.2) is 71.0 Å². The Kier molecular flexibility index (Phi) is 4.42. The van der Waals surface area contributed by atoms with Crippen LogP contribution < -0.4 is 0 Å². The Balaban J connectivity index is 1.92. The first-order valence-electron chi connectivity index (χ1n) is 8.98. The van der Waals surface area contributed by atoms with E-state index in [0.29, 0.717) is 12.8 Å². The van der Waals surface area contributed by atoms with E-state index >= 15 is 0 Å². The van der Waals surface area contributed by atoms with Gasteiger partial charge in [-0.15, -0.1) is 0 Å². The predicted octanol–water partition coefficient (Wildman–Crippen LogP) is 1.44. The summed E-state index contributed by atoms with van der Waals surface area (Å²) in [5.74, 6) is -3.76. The Labute approximate surface area is 153 Å². The first-order chi connectivity index (χ1) is 11.9. The summed E-state index contributed by atoms with van der Waals surface area (Å²) in [6.07, 6.45) is 0.426. The van der Waals surface area contributed by atoms with Crippen LogP contribution in [0.1, 0.15) is 47.5 Å². The van der Waals surface area contributed by atoms with Gasteiger partial charge in [0.1, 0.15) is 24.1 Å². The predicted molar refractivity (Wildman–Crippen MR) is 90.2 cm³/mol. The van der Waals surface area contributed by atoms with E-state index in [2.05, 4.69) is 0 Å². The molecule has 148 valence electrons. The molecule has 8 heteroatoms. The van der Waals surface area contributed by atoms with Crippen LogP contribution in [0.3, 0.4) is 0 Å². The Morgan fingerprint density at radius 3 is 2.35 bits per heavy atom. The Morgan fingerprint density at radius 2 is 1.88 bits per heavy atom. The molecule has 3 aliphatic rings. The van der Waals surface area contributed by atoms with E-state index in [1.54, 1.807) is 32.6 Å². The fraction of sp³-hybridized carbons (Fsp3) is 0.889. The second kappa shape index (κ2) is 5.89. The van der Waals surface area contributed by atoms with Gasteiger partial charge in [0, 0.05) is 7.11 Å². The minimum atomic E-state index is -1.73. The van der Waals surface area contributed by atoms with Crippen LogP contribution >= 0.6 is 0 Å². The number of likely N-dealkylation sites (tertiary alicyclic amines) is 1. The third kappa shape index (κ3) is 2.93. The fourth-order valence-electron chi connectivity index (χ4n) is 3.95. The summed E-state index contributed by atoms with van der Waals surface area (Å²) in [5, 5.41) is 10.7. The zero-order valence-electron chi connectivity index (χ0n) is 16.3. The number of fused-ring (bicyclic) bond motifs is 1. The average Bonchev–Trinajstić information content (AvgIpc) is 3.28. The van der Waals surface area contributed by atoms with E-state index in [1.165, 1.54) is 14.0 Å². The number of aliphatic hydroxyl groups is 1. The lowest BCUT2D eigenvalue weighted by Crippen LogP contribution is -2.72. The first kappa shape index (κ1) is 19.5. The van der Waals surface area contributed by atoms with Crippen LogP contribution in [0.25, 0.3) is 0 Å². The number of carbonyl (C=O) groups is 2. The van der Waals surface area contributed by atoms with Gasteiger partial charge in [-0.25, -0.2) is 4.79 Å². The maximum atomic E-state index is 12.8. The van der Waals surface area contributed by atoms with Crippen molar-refractivity contribution in [1.82, 2.24) is 4.90 Å². The topological polar surface area (TPSA) is 94.5 Å². The third-order valence-corrected chi connectivity index (χ3v) is 5.74. The van der Waals surface area contributed by atoms with Gasteiger partial charge in [-0.2, -0.15) is 0 Å². The van der Waals surface area contributed by atoms with Crippen molar-refractivity contribution in [3.05, 3.63) is 0 Å². The number of hydrogen-bond acceptors (Lipinski definition) is 7. The summed E-state index contributed by atoms with van der Waals surface area (Å²) in [7, 11) is 1.41. The van der Waals surface area contributed by atoms with Gasteiger partial charge < -0.3 is 28.8 Å². The largest absolute Gasteiger partial charge is 0.444 e. The van der Waals surface area contributed by atoms with E-state index in [9.17, 15) is 14.7 Å². The van der Waals surface area contributed by atoms with Crippen molar-refractivity contribution in [2.75, 3.05) is 13.7 Å². The van der Waals surface area contributed by atoms with Crippen molar-refractivity contribution in [3.63, 3.8) is 0 Å². The second-order valence-electron chi connectivity index (χ2n) is 8.73. The Bertz CT molecular complexity index is 595. The van der Waals surface area contributed by atoms with Gasteiger partial charge >= 0.3 is 6.09 Å². The van der Waals surface area contributed by atoms with E-state index in [-0.39, 0.29) is 6.54 Å². The SMILES string of the molecule is COC1(C)OC2CN(C(=O)OC(C)(C)C)C3(CC3)C(C=O)C2OC1(C)O. The van der Waals surface area contributed by atoms with Gasteiger partial charge in [0.05, 0.1) is 18.0 Å². The maximum Gasteiger partial charge on any atom is 0.410 e. The highest BCUT2D eigenvalue weighted by atomic mass is 16.8. The molecule has 1 amide bonds. The van der Waals surface area contributed by atoms with E-state index in [1.807, 2.05) is 0 Å². The molecule has 1 aliphatic carbocycles. The average molecular weight is 371 g/mol. The molecule has 1 saturated carbocycles. The van der Waals surface area contributed by atoms with Crippen molar-refractivity contribution in [2.24, 2.45) is 5.92 Å². The highest BCUT2D eigenvalue weighted by Crippen LogP contribution is 2.55. The minimum Gasteiger partial charge on any atom is -0.444 e. The van der Waals surface area contributed by atoms with Crippen molar-refractivity contribution in [3.8, 4) is 0 Å². The molecule has 26 heavy (non-hydrogen) atoms. The molecule has 5 unspecified atom stereocenters. The molecule has 3 rings (SSSR count). The number of ether oxygens (including phenoxy) is 4. The van der Waals surface area contributed by atoms with Gasteiger partial charge in [-0.05, 0) is 47.5 Å². The molecule has 0 aromatic carbocycles. The van der Waals surface area contributed by atoms with Crippen molar-refractivity contribution in [1.29, 1.82) is 0 Å². The standard InChI is InChI=1S/C18H29NO7/c1-15(2,3)26-14(21)19-9-12-13(11(10-20)18(19)7-8-18)25-16(4,22)17(5,23-6)24-12/h10-13,22H,7-9H2,1-6H3. The van der Waals surface area contributed by atoms with Crippen LogP contribution in [0, 0.1) is 5.92 Å². The number of methoxy groups -OCH3 is 1. The highest BCUT2D eigenvalue weighted by molar-refractivity contribution is 5.73. The zero-order chi connectivity index (χ0) is 19.5. The number of amides is 1. The highest BCUT2D eigenvalue weighted by Gasteiger charge is 2.68. The molecule has 2 heterocycles. The third-order valence-electron chi connectivity index (χ3n) is 5.74. The van der Waals surface area contributed by atoms with Crippen LogP contribution in [-0.2, 0) is 23.7 Å². The van der Waals surface area contributed by atoms with Gasteiger partial charge in [0.15, 0.2) is 0 Å². The number of nitrogens with zero attached hydrogens (tertiary/aromatic N) is 1. The van der Waals surface area contributed by atoms with Crippen molar-refractivity contribution in [2.45, 2.75) is 82.4 Å². The summed E-state index contributed by atoms with van der Waals surface area (Å²) in [6, 6.07) is 0. The lowest BCUT2D eigenvalue weighted by Gasteiger charge is -2.56. The zero-order valence-corrected chi connectivity index (χ0v) is 16.3. The summed E-state index contributed by atoms with van der Waals surface area (Å²) < 4.78 is 22.8. The van der Waals surface area contributed by atoms with Crippen LogP contribution in [0.5, 0.6) is 0 Å². The molecule has 5 atom stereocenters. The molecule has 0 aromatic rings. The lowest BCUT2D eigenvalue weighted by atomic mass is 9.82. The summed E-state index contributed by atoms with van der Waals surface area (Å²) in [5.41, 5.74) is -1.28. The van der Waals surface area contributed by atoms with Crippen LogP contribution in [0.15, 0.2) is 0 Å². The summed E-state index contributed by atoms with van der Waals surface area (Å²) in [6.45, 7) is 8.63. The molecule has 1 N–H and O–H groups in total. The molecule has 0 aromatic heterocycles. The van der Waals surface area contributed by atoms with Gasteiger partial charge in [-0.3, -0.25) is 4.90 Å². The number of aldehydes is 1. The van der Waals surface area contributed by atoms with E-state index < -0.39 is 46.9 Å².